The van der Waals surface area contributed by atoms with Crippen LogP contribution in [0.25, 0.3) is 0 Å². The maximum atomic E-state index is 11.6. The SMILES string of the molecule is COC(=O)C(Br)CNCCCF. The van der Waals surface area contributed by atoms with E-state index in [4.69, 9.17) is 0 Å². The molecule has 5 heteroatoms. The summed E-state index contributed by atoms with van der Waals surface area (Å²) in [5.74, 6) is -0.317. The van der Waals surface area contributed by atoms with Gasteiger partial charge < -0.3 is 10.1 Å². The highest BCUT2D eigenvalue weighted by Gasteiger charge is 2.13. The molecule has 12 heavy (non-hydrogen) atoms. The number of alkyl halides is 2. The number of methoxy groups -OCH3 is 1. The zero-order chi connectivity index (χ0) is 9.40. The molecule has 0 saturated heterocycles. The molecule has 3 nitrogen and oxygen atoms in total. The van der Waals surface area contributed by atoms with E-state index in [1.165, 1.54) is 7.11 Å². The van der Waals surface area contributed by atoms with Crippen molar-refractivity contribution < 1.29 is 13.9 Å². The standard InChI is InChI=1S/C7H13BrFNO2/c1-12-7(11)6(8)5-10-4-2-3-9/h6,10H,2-5H2,1H3. The van der Waals surface area contributed by atoms with Crippen LogP contribution < -0.4 is 5.32 Å². The molecular weight excluding hydrogens is 229 g/mol. The lowest BCUT2D eigenvalue weighted by Gasteiger charge is -2.07. The van der Waals surface area contributed by atoms with Crippen LogP contribution in [0.3, 0.4) is 0 Å². The fourth-order valence-electron chi connectivity index (χ4n) is 0.632. The van der Waals surface area contributed by atoms with Crippen molar-refractivity contribution in [1.29, 1.82) is 0 Å². The topological polar surface area (TPSA) is 38.3 Å². The van der Waals surface area contributed by atoms with Gasteiger partial charge >= 0.3 is 5.97 Å². The lowest BCUT2D eigenvalue weighted by Crippen LogP contribution is -2.30. The van der Waals surface area contributed by atoms with Gasteiger partial charge in [-0.15, -0.1) is 0 Å². The minimum absolute atomic E-state index is 0.317. The highest BCUT2D eigenvalue weighted by Crippen LogP contribution is 1.99. The van der Waals surface area contributed by atoms with Crippen LogP contribution in [0.1, 0.15) is 6.42 Å². The molecule has 1 atom stereocenters. The minimum Gasteiger partial charge on any atom is -0.468 e. The van der Waals surface area contributed by atoms with Gasteiger partial charge in [0.2, 0.25) is 0 Å². The Balaban J connectivity index is 3.31. The van der Waals surface area contributed by atoms with Crippen LogP contribution in [-0.4, -0.2) is 37.7 Å². The smallest absolute Gasteiger partial charge is 0.320 e. The Morgan fingerprint density at radius 1 is 1.75 bits per heavy atom. The van der Waals surface area contributed by atoms with Gasteiger partial charge in [-0.1, -0.05) is 15.9 Å². The lowest BCUT2D eigenvalue weighted by molar-refractivity contribution is -0.139. The Morgan fingerprint density at radius 3 is 2.92 bits per heavy atom. The van der Waals surface area contributed by atoms with Crippen molar-refractivity contribution in [3.63, 3.8) is 0 Å². The third-order valence-electron chi connectivity index (χ3n) is 1.27. The average molecular weight is 242 g/mol. The lowest BCUT2D eigenvalue weighted by atomic mass is 10.4. The summed E-state index contributed by atoms with van der Waals surface area (Å²) in [5, 5.41) is 2.91. The molecule has 0 amide bonds. The van der Waals surface area contributed by atoms with Gasteiger partial charge in [-0.05, 0) is 13.0 Å². The molecular formula is C7H13BrFNO2. The third-order valence-corrected chi connectivity index (χ3v) is 1.97. The molecule has 0 fully saturated rings. The molecule has 1 unspecified atom stereocenters. The Morgan fingerprint density at radius 2 is 2.42 bits per heavy atom. The number of rotatable bonds is 6. The second-order valence-corrected chi connectivity index (χ2v) is 3.34. The molecule has 0 aliphatic rings. The molecule has 0 heterocycles. The van der Waals surface area contributed by atoms with Crippen LogP contribution in [0, 0.1) is 0 Å². The monoisotopic (exact) mass is 241 g/mol. The van der Waals surface area contributed by atoms with Gasteiger partial charge in [-0.25, -0.2) is 0 Å². The van der Waals surface area contributed by atoms with Crippen molar-refractivity contribution in [2.75, 3.05) is 26.9 Å². The normalized spacial score (nSPS) is 12.6. The van der Waals surface area contributed by atoms with E-state index in [1.54, 1.807) is 0 Å². The third kappa shape index (κ3) is 5.49. The number of esters is 1. The number of nitrogens with one attached hydrogen (secondary N) is 1. The minimum atomic E-state index is -0.345. The van der Waals surface area contributed by atoms with Gasteiger partial charge in [0.05, 0.1) is 13.8 Å². The zero-order valence-corrected chi connectivity index (χ0v) is 8.56. The average Bonchev–Trinajstić information content (AvgIpc) is 2.10. The number of hydrogen-bond acceptors (Lipinski definition) is 3. The number of ether oxygens (including phenoxy) is 1. The van der Waals surface area contributed by atoms with E-state index in [0.717, 1.165) is 0 Å². The maximum Gasteiger partial charge on any atom is 0.320 e. The Labute approximate surface area is 79.8 Å². The van der Waals surface area contributed by atoms with E-state index in [0.29, 0.717) is 19.5 Å². The molecule has 0 aliphatic heterocycles. The molecule has 0 saturated carbocycles. The van der Waals surface area contributed by atoms with Crippen LogP contribution in [0.5, 0.6) is 0 Å². The fraction of sp³-hybridized carbons (Fsp3) is 0.857. The van der Waals surface area contributed by atoms with Crippen LogP contribution >= 0.6 is 15.9 Å². The number of halogens is 2. The van der Waals surface area contributed by atoms with Gasteiger partial charge in [0.1, 0.15) is 4.83 Å². The Bertz CT molecular complexity index is 135. The number of carbonyl (C=O) groups is 1. The first-order valence-corrected chi connectivity index (χ1v) is 4.62. The van der Waals surface area contributed by atoms with Crippen LogP contribution in [0.4, 0.5) is 4.39 Å². The predicted octanol–water partition coefficient (Wildman–Crippen LogP) is 0.872. The van der Waals surface area contributed by atoms with Gasteiger partial charge in [-0.2, -0.15) is 0 Å². The maximum absolute atomic E-state index is 11.6. The first-order chi connectivity index (χ1) is 5.72. The first kappa shape index (κ1) is 11.8. The van der Waals surface area contributed by atoms with Crippen molar-refractivity contribution >= 4 is 21.9 Å². The second-order valence-electron chi connectivity index (χ2n) is 2.24. The molecule has 0 radical (unpaired) electrons. The van der Waals surface area contributed by atoms with Gasteiger partial charge in [0.25, 0.3) is 0 Å². The van der Waals surface area contributed by atoms with Gasteiger partial charge in [0.15, 0.2) is 0 Å². The molecule has 0 rings (SSSR count). The van der Waals surface area contributed by atoms with E-state index < -0.39 is 0 Å². The summed E-state index contributed by atoms with van der Waals surface area (Å²) in [4.78, 5) is 10.4. The zero-order valence-electron chi connectivity index (χ0n) is 6.98. The molecule has 0 bridgehead atoms. The molecule has 72 valence electrons. The van der Waals surface area contributed by atoms with Crippen molar-refractivity contribution in [2.24, 2.45) is 0 Å². The van der Waals surface area contributed by atoms with Crippen LogP contribution in [-0.2, 0) is 9.53 Å². The van der Waals surface area contributed by atoms with Crippen LogP contribution in [0.2, 0.25) is 0 Å². The summed E-state index contributed by atoms with van der Waals surface area (Å²) in [5.41, 5.74) is 0. The quantitative estimate of drug-likeness (QED) is 0.426. The summed E-state index contributed by atoms with van der Waals surface area (Å²) >= 11 is 3.12. The number of hydrogen-bond donors (Lipinski definition) is 1. The molecule has 0 aliphatic carbocycles. The molecule has 0 aromatic carbocycles. The largest absolute Gasteiger partial charge is 0.468 e. The van der Waals surface area contributed by atoms with Crippen molar-refractivity contribution in [2.45, 2.75) is 11.2 Å². The van der Waals surface area contributed by atoms with Crippen LogP contribution in [0.15, 0.2) is 0 Å². The van der Waals surface area contributed by atoms with E-state index in [9.17, 15) is 9.18 Å². The summed E-state index contributed by atoms with van der Waals surface area (Å²) in [7, 11) is 1.33. The molecule has 0 aromatic rings. The highest BCUT2D eigenvalue weighted by molar-refractivity contribution is 9.10. The van der Waals surface area contributed by atoms with E-state index in [2.05, 4.69) is 26.0 Å². The molecule has 1 N–H and O–H groups in total. The second kappa shape index (κ2) is 7.49. The summed E-state index contributed by atoms with van der Waals surface area (Å²) < 4.78 is 16.1. The summed E-state index contributed by atoms with van der Waals surface area (Å²) in [6.07, 6.45) is 0.473. The van der Waals surface area contributed by atoms with Crippen molar-refractivity contribution in [1.82, 2.24) is 5.32 Å². The summed E-state index contributed by atoms with van der Waals surface area (Å²) in [6.45, 7) is 0.709. The number of carbonyl (C=O) groups excluding carboxylic acids is 1. The van der Waals surface area contributed by atoms with Crippen molar-refractivity contribution in [3.05, 3.63) is 0 Å². The molecule has 0 aromatic heterocycles. The van der Waals surface area contributed by atoms with E-state index in [1.807, 2.05) is 0 Å². The van der Waals surface area contributed by atoms with E-state index >= 15 is 0 Å². The first-order valence-electron chi connectivity index (χ1n) is 3.71. The van der Waals surface area contributed by atoms with E-state index in [-0.39, 0.29) is 17.5 Å². The highest BCUT2D eigenvalue weighted by atomic mass is 79.9. The fourth-order valence-corrected chi connectivity index (χ4v) is 1.05. The van der Waals surface area contributed by atoms with Crippen molar-refractivity contribution in [3.8, 4) is 0 Å². The van der Waals surface area contributed by atoms with Gasteiger partial charge in [-0.3, -0.25) is 9.18 Å². The molecule has 0 spiro atoms. The Kier molecular flexibility index (Phi) is 7.39. The summed E-state index contributed by atoms with van der Waals surface area (Å²) in [6, 6.07) is 0. The van der Waals surface area contributed by atoms with Gasteiger partial charge in [0, 0.05) is 6.54 Å². The predicted molar refractivity (Wildman–Crippen MR) is 48.2 cm³/mol. The Hall–Kier alpha value is -0.160.